The molecule has 0 fully saturated rings. The number of rotatable bonds is 50. The van der Waals surface area contributed by atoms with Crippen molar-refractivity contribution in [3.05, 3.63) is 0 Å². The normalized spacial score (nSPS) is 12.2. The molecular formula is C47H81N5O18. The number of unbranched alkanes of at least 4 members (excludes halogenated alkanes) is 15. The number of carbonyl (C=O) groups is 10. The highest BCUT2D eigenvalue weighted by Crippen LogP contribution is 2.15. The largest absolute Gasteiger partial charge is 0.481 e. The van der Waals surface area contributed by atoms with E-state index in [1.165, 1.54) is 51.4 Å². The van der Waals surface area contributed by atoms with Gasteiger partial charge in [0.2, 0.25) is 29.5 Å². The van der Waals surface area contributed by atoms with Crippen LogP contribution in [0, 0.1) is 0 Å². The predicted octanol–water partition coefficient (Wildman–Crippen LogP) is 2.64. The minimum absolute atomic E-state index is 0.0234. The SMILES string of the molecule is O=CCC[C@H](NC(=O)CC[C@H](NC(=O)COCCOCCNC(=O)COCCOCCNC(=O)CC[C@H](NC(=O)CCCCCCCCCCCCCCCCCCC(=O)O)C(=O)O)C(=O)O)C(=O)O. The van der Waals surface area contributed by atoms with Crippen molar-refractivity contribution < 1.29 is 87.3 Å². The molecule has 70 heavy (non-hydrogen) atoms. The number of carboxylic acid groups (broad SMARTS) is 4. The Morgan fingerprint density at radius 2 is 0.714 bits per heavy atom. The Hall–Kier alpha value is -5.26. The van der Waals surface area contributed by atoms with Crippen LogP contribution in [0.2, 0.25) is 0 Å². The van der Waals surface area contributed by atoms with Gasteiger partial charge in [0.15, 0.2) is 0 Å². The van der Waals surface area contributed by atoms with Gasteiger partial charge < -0.3 is 70.8 Å². The summed E-state index contributed by atoms with van der Waals surface area (Å²) in [4.78, 5) is 116. The van der Waals surface area contributed by atoms with E-state index < -0.39 is 72.8 Å². The highest BCUT2D eigenvalue weighted by atomic mass is 16.5. The molecule has 0 bridgehead atoms. The third-order valence-electron chi connectivity index (χ3n) is 10.7. The molecule has 0 aliphatic rings. The molecule has 0 saturated heterocycles. The zero-order valence-electron chi connectivity index (χ0n) is 40.9. The second-order valence-electron chi connectivity index (χ2n) is 16.8. The molecule has 0 aromatic carbocycles. The van der Waals surface area contributed by atoms with Gasteiger partial charge in [-0.15, -0.1) is 0 Å². The van der Waals surface area contributed by atoms with Crippen LogP contribution in [0.25, 0.3) is 0 Å². The maximum absolute atomic E-state index is 12.4. The van der Waals surface area contributed by atoms with E-state index in [1.807, 2.05) is 0 Å². The first-order valence-electron chi connectivity index (χ1n) is 24.7. The van der Waals surface area contributed by atoms with Crippen molar-refractivity contribution in [1.82, 2.24) is 26.6 Å². The lowest BCUT2D eigenvalue weighted by molar-refractivity contribution is -0.144. The predicted molar refractivity (Wildman–Crippen MR) is 253 cm³/mol. The average Bonchev–Trinajstić information content (AvgIpc) is 3.31. The summed E-state index contributed by atoms with van der Waals surface area (Å²) in [5.74, 6) is -7.33. The van der Waals surface area contributed by atoms with Gasteiger partial charge in [-0.05, 0) is 32.1 Å². The number of ether oxygens (including phenoxy) is 4. The van der Waals surface area contributed by atoms with E-state index in [9.17, 15) is 58.2 Å². The van der Waals surface area contributed by atoms with E-state index in [-0.39, 0.29) is 116 Å². The molecule has 402 valence electrons. The molecule has 23 heteroatoms. The Morgan fingerprint density at radius 1 is 0.371 bits per heavy atom. The van der Waals surface area contributed by atoms with E-state index in [0.29, 0.717) is 12.7 Å². The van der Waals surface area contributed by atoms with Gasteiger partial charge in [0, 0.05) is 45.2 Å². The zero-order chi connectivity index (χ0) is 52.0. The monoisotopic (exact) mass is 1000 g/mol. The molecule has 0 aliphatic carbocycles. The molecule has 0 saturated carbocycles. The number of aldehydes is 1. The topological polar surface area (TPSA) is 349 Å². The summed E-state index contributed by atoms with van der Waals surface area (Å²) in [5, 5.41) is 48.8. The van der Waals surface area contributed by atoms with Gasteiger partial charge >= 0.3 is 23.9 Å². The molecule has 0 radical (unpaired) electrons. The second kappa shape index (κ2) is 44.9. The summed E-state index contributed by atoms with van der Waals surface area (Å²) in [6.07, 6.45) is 17.5. The van der Waals surface area contributed by atoms with Crippen LogP contribution >= 0.6 is 0 Å². The van der Waals surface area contributed by atoms with E-state index in [1.54, 1.807) is 0 Å². The van der Waals surface area contributed by atoms with Crippen molar-refractivity contribution in [2.45, 2.75) is 172 Å². The summed E-state index contributed by atoms with van der Waals surface area (Å²) >= 11 is 0. The van der Waals surface area contributed by atoms with Crippen molar-refractivity contribution in [3.8, 4) is 0 Å². The lowest BCUT2D eigenvalue weighted by atomic mass is 10.0. The smallest absolute Gasteiger partial charge is 0.326 e. The number of hydrogen-bond acceptors (Lipinski definition) is 14. The summed E-state index contributed by atoms with van der Waals surface area (Å²) in [5.41, 5.74) is 0. The number of hydrogen-bond donors (Lipinski definition) is 9. The van der Waals surface area contributed by atoms with Gasteiger partial charge in [-0.25, -0.2) is 14.4 Å². The molecule has 0 heterocycles. The Balaban J connectivity index is 3.82. The van der Waals surface area contributed by atoms with Crippen LogP contribution in [0.3, 0.4) is 0 Å². The molecule has 0 spiro atoms. The highest BCUT2D eigenvalue weighted by Gasteiger charge is 2.24. The van der Waals surface area contributed by atoms with Gasteiger partial charge in [0.25, 0.3) is 0 Å². The van der Waals surface area contributed by atoms with Gasteiger partial charge in [-0.3, -0.25) is 28.8 Å². The number of aliphatic carboxylic acids is 4. The summed E-state index contributed by atoms with van der Waals surface area (Å²) in [6.45, 7) is 0.147. The minimum Gasteiger partial charge on any atom is -0.481 e. The molecule has 23 nitrogen and oxygen atoms in total. The van der Waals surface area contributed by atoms with E-state index in [0.717, 1.165) is 44.9 Å². The molecule has 5 amide bonds. The Bertz CT molecular complexity index is 1520. The van der Waals surface area contributed by atoms with Crippen LogP contribution in [0.1, 0.15) is 154 Å². The van der Waals surface area contributed by atoms with Gasteiger partial charge in [0.05, 0.1) is 39.6 Å². The number of nitrogens with one attached hydrogen (secondary N) is 5. The van der Waals surface area contributed by atoms with Gasteiger partial charge in [-0.1, -0.05) is 89.9 Å². The average molecular weight is 1000 g/mol. The summed E-state index contributed by atoms with van der Waals surface area (Å²) in [6, 6.07) is -3.91. The van der Waals surface area contributed by atoms with Crippen molar-refractivity contribution >= 4 is 59.7 Å². The summed E-state index contributed by atoms with van der Waals surface area (Å²) < 4.78 is 21.1. The molecule has 0 aromatic heterocycles. The van der Waals surface area contributed by atoms with Crippen molar-refractivity contribution in [1.29, 1.82) is 0 Å². The fourth-order valence-corrected chi connectivity index (χ4v) is 6.80. The van der Waals surface area contributed by atoms with Crippen LogP contribution in [-0.4, -0.2) is 164 Å². The van der Waals surface area contributed by atoms with Crippen LogP contribution in [0.5, 0.6) is 0 Å². The summed E-state index contributed by atoms with van der Waals surface area (Å²) in [7, 11) is 0. The lowest BCUT2D eigenvalue weighted by Gasteiger charge is -2.16. The van der Waals surface area contributed by atoms with E-state index in [2.05, 4.69) is 26.6 Å². The standard InChI is InChI=1S/C47H81N5O18/c53-27-17-18-36(45(61)62)50-41(56)24-22-38(47(65)66)52-43(58)35-70-33-31-68-29-26-49-42(57)34-69-32-30-67-28-25-48-39(54)23-21-37(46(63)64)51-40(55)19-15-13-11-9-7-5-3-1-2-4-6-8-10-12-14-16-20-44(59)60/h27,36-38H,1-26,28-35H2,(H,48,54)(H,49,57)(H,50,56)(H,51,55)(H,52,58)(H,59,60)(H,61,62)(H,63,64)(H,65,66)/t36-,37-,38-/m0/s1. The maximum Gasteiger partial charge on any atom is 0.326 e. The van der Waals surface area contributed by atoms with Crippen LogP contribution in [0.4, 0.5) is 0 Å². The molecule has 9 N–H and O–H groups in total. The Morgan fingerprint density at radius 3 is 1.14 bits per heavy atom. The third-order valence-corrected chi connectivity index (χ3v) is 10.7. The Kier molecular flexibility index (Phi) is 41.5. The lowest BCUT2D eigenvalue weighted by Crippen LogP contribution is -2.44. The first-order chi connectivity index (χ1) is 33.7. The first kappa shape index (κ1) is 64.7. The van der Waals surface area contributed by atoms with E-state index >= 15 is 0 Å². The van der Waals surface area contributed by atoms with Crippen molar-refractivity contribution in [2.24, 2.45) is 0 Å². The second-order valence-corrected chi connectivity index (χ2v) is 16.8. The molecular weight excluding hydrogens is 923 g/mol. The third kappa shape index (κ3) is 41.7. The fourth-order valence-electron chi connectivity index (χ4n) is 6.80. The van der Waals surface area contributed by atoms with Crippen LogP contribution in [-0.2, 0) is 66.9 Å². The molecule has 0 aliphatic heterocycles. The quantitative estimate of drug-likeness (QED) is 0.0312. The molecule has 0 unspecified atom stereocenters. The maximum atomic E-state index is 12.4. The van der Waals surface area contributed by atoms with Crippen molar-refractivity contribution in [2.75, 3.05) is 65.9 Å². The number of carboxylic acids is 4. The van der Waals surface area contributed by atoms with Crippen LogP contribution in [0.15, 0.2) is 0 Å². The number of carbonyl (C=O) groups excluding carboxylic acids is 6. The zero-order valence-corrected chi connectivity index (χ0v) is 40.9. The van der Waals surface area contributed by atoms with Gasteiger partial charge in [-0.2, -0.15) is 0 Å². The first-order valence-corrected chi connectivity index (χ1v) is 24.7. The fraction of sp³-hybridized carbons (Fsp3) is 0.787. The highest BCUT2D eigenvalue weighted by molar-refractivity contribution is 5.87. The Labute approximate surface area is 411 Å². The molecule has 3 atom stereocenters. The molecule has 0 rings (SSSR count). The van der Waals surface area contributed by atoms with Crippen LogP contribution < -0.4 is 26.6 Å². The van der Waals surface area contributed by atoms with Gasteiger partial charge in [0.1, 0.15) is 37.6 Å². The minimum atomic E-state index is -1.43. The molecule has 0 aromatic rings. The number of amides is 5. The van der Waals surface area contributed by atoms with E-state index in [4.69, 9.17) is 29.2 Å². The van der Waals surface area contributed by atoms with Crippen molar-refractivity contribution in [3.63, 3.8) is 0 Å².